The van der Waals surface area contributed by atoms with Gasteiger partial charge in [0.2, 0.25) is 11.8 Å². The molecule has 1 unspecified atom stereocenters. The van der Waals surface area contributed by atoms with Crippen LogP contribution in [0.2, 0.25) is 5.02 Å². The normalized spacial score (nSPS) is 19.2. The number of ether oxygens (including phenoxy) is 1. The highest BCUT2D eigenvalue weighted by molar-refractivity contribution is 8.00. The Bertz CT molecular complexity index is 1080. The smallest absolute Gasteiger partial charge is 0.416 e. The number of hydrogen-bond donors (Lipinski definition) is 0. The first-order chi connectivity index (χ1) is 14.8. The van der Waals surface area contributed by atoms with Gasteiger partial charge >= 0.3 is 6.18 Å². The fourth-order valence-corrected chi connectivity index (χ4v) is 4.48. The quantitative estimate of drug-likeness (QED) is 0.540. The summed E-state index contributed by atoms with van der Waals surface area (Å²) in [4.78, 5) is 18.4. The molecule has 4 nitrogen and oxygen atoms in total. The molecule has 0 aliphatic carbocycles. The maximum absolute atomic E-state index is 13.1. The second-order valence-corrected chi connectivity index (χ2v) is 8.28. The number of allylic oxidation sites excluding steroid dienone is 3. The number of halogens is 4. The summed E-state index contributed by atoms with van der Waals surface area (Å²) in [5.41, 5.74) is 0.187. The Labute approximate surface area is 186 Å². The van der Waals surface area contributed by atoms with Gasteiger partial charge in [0, 0.05) is 5.02 Å². The Kier molecular flexibility index (Phi) is 6.11. The van der Waals surface area contributed by atoms with E-state index < -0.39 is 17.1 Å². The van der Waals surface area contributed by atoms with Crippen LogP contribution in [0.3, 0.4) is 0 Å². The van der Waals surface area contributed by atoms with Gasteiger partial charge < -0.3 is 4.74 Å². The van der Waals surface area contributed by atoms with Crippen molar-refractivity contribution in [3.63, 3.8) is 0 Å². The van der Waals surface area contributed by atoms with Crippen molar-refractivity contribution in [3.05, 3.63) is 88.4 Å². The fraction of sp³-hybridized carbons (Fsp3) is 0.182. The summed E-state index contributed by atoms with van der Waals surface area (Å²) >= 11 is 7.16. The summed E-state index contributed by atoms with van der Waals surface area (Å²) in [5, 5.41) is 0.0200. The van der Waals surface area contributed by atoms with E-state index in [0.717, 1.165) is 12.1 Å². The number of hydrogen-bond acceptors (Lipinski definition) is 4. The molecule has 0 N–H and O–H groups in total. The summed E-state index contributed by atoms with van der Waals surface area (Å²) in [7, 11) is 0. The van der Waals surface area contributed by atoms with Crippen molar-refractivity contribution in [2.75, 3.05) is 5.75 Å². The molecule has 9 heteroatoms. The lowest BCUT2D eigenvalue weighted by Crippen LogP contribution is -2.28. The lowest BCUT2D eigenvalue weighted by molar-refractivity contribution is -0.137. The van der Waals surface area contributed by atoms with Crippen LogP contribution in [0.5, 0.6) is 5.75 Å². The van der Waals surface area contributed by atoms with Crippen LogP contribution in [-0.4, -0.2) is 22.8 Å². The number of benzene rings is 2. The average molecular weight is 465 g/mol. The van der Waals surface area contributed by atoms with E-state index in [1.165, 1.54) is 28.9 Å². The number of amides is 1. The molecule has 0 aromatic heterocycles. The number of carbonyl (C=O) groups excluding carboxylic acids is 1. The van der Waals surface area contributed by atoms with Gasteiger partial charge in [-0.1, -0.05) is 29.8 Å². The number of carbonyl (C=O) groups is 1. The van der Waals surface area contributed by atoms with Gasteiger partial charge in [-0.15, -0.1) is 11.8 Å². The molecule has 1 saturated heterocycles. The van der Waals surface area contributed by atoms with E-state index in [1.54, 1.807) is 42.5 Å². The summed E-state index contributed by atoms with van der Waals surface area (Å²) < 4.78 is 45.1. The predicted molar refractivity (Wildman–Crippen MR) is 115 cm³/mol. The van der Waals surface area contributed by atoms with Crippen LogP contribution >= 0.6 is 23.4 Å². The number of thioether (sulfide) groups is 1. The molecule has 4 rings (SSSR count). The van der Waals surface area contributed by atoms with Gasteiger partial charge in [-0.05, 0) is 54.5 Å². The molecule has 2 aliphatic heterocycles. The topological polar surface area (TPSA) is 41.9 Å². The van der Waals surface area contributed by atoms with Gasteiger partial charge in [-0.3, -0.25) is 9.69 Å². The van der Waals surface area contributed by atoms with Gasteiger partial charge in [0.1, 0.15) is 11.1 Å². The molecule has 2 aromatic rings. The molecule has 31 heavy (non-hydrogen) atoms. The number of alkyl halides is 3. The van der Waals surface area contributed by atoms with Crippen LogP contribution in [0.15, 0.2) is 77.3 Å². The Morgan fingerprint density at radius 3 is 2.65 bits per heavy atom. The third-order valence-corrected chi connectivity index (χ3v) is 6.09. The van der Waals surface area contributed by atoms with Crippen LogP contribution in [-0.2, 0) is 11.0 Å². The minimum atomic E-state index is -4.45. The van der Waals surface area contributed by atoms with Crippen molar-refractivity contribution < 1.29 is 22.7 Å². The Morgan fingerprint density at radius 2 is 1.90 bits per heavy atom. The highest BCUT2D eigenvalue weighted by Gasteiger charge is 2.37. The van der Waals surface area contributed by atoms with Crippen LogP contribution in [0.1, 0.15) is 22.9 Å². The van der Waals surface area contributed by atoms with Crippen LogP contribution in [0.4, 0.5) is 13.2 Å². The van der Waals surface area contributed by atoms with Crippen LogP contribution in [0, 0.1) is 0 Å². The predicted octanol–water partition coefficient (Wildman–Crippen LogP) is 6.21. The first-order valence-corrected chi connectivity index (χ1v) is 10.7. The van der Waals surface area contributed by atoms with Gasteiger partial charge in [0.25, 0.3) is 0 Å². The third kappa shape index (κ3) is 4.97. The first kappa shape index (κ1) is 21.5. The van der Waals surface area contributed by atoms with E-state index in [1.807, 2.05) is 0 Å². The van der Waals surface area contributed by atoms with Crippen LogP contribution < -0.4 is 4.74 Å². The molecule has 0 bridgehead atoms. The molecule has 2 heterocycles. The minimum absolute atomic E-state index is 0.174. The van der Waals surface area contributed by atoms with Crippen molar-refractivity contribution in [3.8, 4) is 5.75 Å². The zero-order chi connectivity index (χ0) is 22.0. The molecule has 0 saturated carbocycles. The summed E-state index contributed by atoms with van der Waals surface area (Å²) in [6, 6.07) is 11.9. The molecule has 2 aliphatic rings. The van der Waals surface area contributed by atoms with Crippen molar-refractivity contribution in [2.24, 2.45) is 4.99 Å². The van der Waals surface area contributed by atoms with E-state index in [9.17, 15) is 18.0 Å². The van der Waals surface area contributed by atoms with Gasteiger partial charge in [0.15, 0.2) is 0 Å². The van der Waals surface area contributed by atoms with Crippen molar-refractivity contribution in [1.82, 2.24) is 4.90 Å². The molecule has 0 radical (unpaired) electrons. The highest BCUT2D eigenvalue weighted by Crippen LogP contribution is 2.42. The van der Waals surface area contributed by atoms with E-state index in [0.29, 0.717) is 34.3 Å². The second-order valence-electron chi connectivity index (χ2n) is 6.77. The van der Waals surface area contributed by atoms with E-state index in [-0.39, 0.29) is 11.7 Å². The maximum atomic E-state index is 13.1. The SMILES string of the molecule is O=C1CSC(c2cccc(C(F)(F)F)c2)N1C1=CCC=C(Oc2ccc(Cl)cc2)N=C1. The third-order valence-electron chi connectivity index (χ3n) is 4.62. The zero-order valence-electron chi connectivity index (χ0n) is 16.0. The number of aliphatic imine (C=N–C) groups is 1. The Hall–Kier alpha value is -2.71. The fourth-order valence-electron chi connectivity index (χ4n) is 3.19. The zero-order valence-corrected chi connectivity index (χ0v) is 17.5. The van der Waals surface area contributed by atoms with Gasteiger partial charge in [0.05, 0.1) is 23.2 Å². The molecule has 1 amide bonds. The van der Waals surface area contributed by atoms with Crippen LogP contribution in [0.25, 0.3) is 0 Å². The highest BCUT2D eigenvalue weighted by atomic mass is 35.5. The molecule has 1 atom stereocenters. The van der Waals surface area contributed by atoms with Crippen molar-refractivity contribution >= 4 is 35.5 Å². The molecule has 1 fully saturated rings. The molecular formula is C22H16ClF3N2O2S. The Balaban J connectivity index is 1.54. The van der Waals surface area contributed by atoms with E-state index >= 15 is 0 Å². The average Bonchev–Trinajstić information content (AvgIpc) is 2.97. The number of nitrogens with zero attached hydrogens (tertiary/aromatic N) is 2. The first-order valence-electron chi connectivity index (χ1n) is 9.30. The summed E-state index contributed by atoms with van der Waals surface area (Å²) in [6.07, 6.45) is 1.05. The lowest BCUT2D eigenvalue weighted by atomic mass is 10.1. The van der Waals surface area contributed by atoms with Gasteiger partial charge in [-0.25, -0.2) is 4.99 Å². The molecule has 160 valence electrons. The largest absolute Gasteiger partial charge is 0.439 e. The summed E-state index contributed by atoms with van der Waals surface area (Å²) in [6.45, 7) is 0. The van der Waals surface area contributed by atoms with Crippen molar-refractivity contribution in [1.29, 1.82) is 0 Å². The van der Waals surface area contributed by atoms with Gasteiger partial charge in [-0.2, -0.15) is 13.2 Å². The van der Waals surface area contributed by atoms with E-state index in [2.05, 4.69) is 4.99 Å². The molecule has 2 aromatic carbocycles. The van der Waals surface area contributed by atoms with E-state index in [4.69, 9.17) is 16.3 Å². The Morgan fingerprint density at radius 1 is 1.13 bits per heavy atom. The summed E-state index contributed by atoms with van der Waals surface area (Å²) in [5.74, 6) is 0.898. The number of rotatable bonds is 4. The molecular weight excluding hydrogens is 449 g/mol. The molecule has 0 spiro atoms. The standard InChI is InChI=1S/C22H16ClF3N2O2S/c23-16-7-9-18(10-8-16)30-19-6-2-5-17(12-27-19)28-20(29)13-31-21(28)14-3-1-4-15(11-14)22(24,25)26/h1,3-12,21H,2,13H2. The minimum Gasteiger partial charge on any atom is -0.439 e. The second kappa shape index (κ2) is 8.80. The lowest BCUT2D eigenvalue weighted by Gasteiger charge is -2.25. The van der Waals surface area contributed by atoms with Crippen molar-refractivity contribution in [2.45, 2.75) is 18.0 Å². The monoisotopic (exact) mass is 464 g/mol. The maximum Gasteiger partial charge on any atom is 0.416 e.